The fourth-order valence-electron chi connectivity index (χ4n) is 0.710. The summed E-state index contributed by atoms with van der Waals surface area (Å²) < 4.78 is 4.58. The molecule has 11 heavy (non-hydrogen) atoms. The van der Waals surface area contributed by atoms with Gasteiger partial charge in [0.1, 0.15) is 0 Å². The summed E-state index contributed by atoms with van der Waals surface area (Å²) in [6, 6.07) is 0. The van der Waals surface area contributed by atoms with Crippen molar-refractivity contribution in [2.75, 3.05) is 7.11 Å². The number of hydrogen-bond acceptors (Lipinski definition) is 2. The van der Waals surface area contributed by atoms with Gasteiger partial charge in [-0.15, -0.1) is 0 Å². The normalized spacial score (nSPS) is 12.0. The molecule has 0 spiro atoms. The average molecular weight is 156 g/mol. The van der Waals surface area contributed by atoms with E-state index in [4.69, 9.17) is 0 Å². The third-order valence-electron chi connectivity index (χ3n) is 1.48. The molecule has 0 rings (SSSR count). The van der Waals surface area contributed by atoms with Crippen LogP contribution < -0.4 is 0 Å². The lowest BCUT2D eigenvalue weighted by atomic mass is 10.1. The van der Waals surface area contributed by atoms with Gasteiger partial charge in [-0.2, -0.15) is 0 Å². The summed E-state index contributed by atoms with van der Waals surface area (Å²) in [5, 5.41) is 0. The zero-order valence-electron chi connectivity index (χ0n) is 7.68. The fraction of sp³-hybridized carbons (Fsp3) is 0.667. The maximum atomic E-state index is 10.9. The second-order valence-electron chi connectivity index (χ2n) is 2.94. The molecule has 0 aliphatic carbocycles. The smallest absolute Gasteiger partial charge is 0.308 e. The van der Waals surface area contributed by atoms with Gasteiger partial charge < -0.3 is 4.74 Å². The Hall–Kier alpha value is -0.790. The lowest BCUT2D eigenvalue weighted by Crippen LogP contribution is -2.11. The highest BCUT2D eigenvalue weighted by atomic mass is 16.5. The van der Waals surface area contributed by atoms with Crippen molar-refractivity contribution in [1.82, 2.24) is 0 Å². The van der Waals surface area contributed by atoms with Gasteiger partial charge in [-0.3, -0.25) is 4.79 Å². The summed E-state index contributed by atoms with van der Waals surface area (Å²) in [5.41, 5.74) is 1.24. The van der Waals surface area contributed by atoms with Gasteiger partial charge in [-0.25, -0.2) is 0 Å². The van der Waals surface area contributed by atoms with E-state index in [0.29, 0.717) is 0 Å². The fourth-order valence-corrected chi connectivity index (χ4v) is 0.710. The van der Waals surface area contributed by atoms with Crippen molar-refractivity contribution in [2.45, 2.75) is 27.2 Å². The summed E-state index contributed by atoms with van der Waals surface area (Å²) in [6.45, 7) is 5.90. The Morgan fingerprint density at radius 3 is 2.45 bits per heavy atom. The van der Waals surface area contributed by atoms with Crippen LogP contribution in [0.5, 0.6) is 0 Å². The number of carbonyl (C=O) groups is 1. The monoisotopic (exact) mass is 156 g/mol. The van der Waals surface area contributed by atoms with Crippen molar-refractivity contribution < 1.29 is 9.53 Å². The summed E-state index contributed by atoms with van der Waals surface area (Å²) in [6.07, 6.45) is 2.82. The topological polar surface area (TPSA) is 26.3 Å². The molecule has 0 saturated carbocycles. The minimum atomic E-state index is -0.137. The maximum absolute atomic E-state index is 10.9. The molecule has 64 valence electrons. The zero-order valence-corrected chi connectivity index (χ0v) is 7.68. The van der Waals surface area contributed by atoms with Crippen LogP contribution in [0.2, 0.25) is 0 Å². The van der Waals surface area contributed by atoms with Crippen molar-refractivity contribution in [3.05, 3.63) is 11.6 Å². The van der Waals surface area contributed by atoms with Gasteiger partial charge >= 0.3 is 5.97 Å². The average Bonchev–Trinajstić information content (AvgIpc) is 1.98. The summed E-state index contributed by atoms with van der Waals surface area (Å²) in [5.74, 6) is -0.155. The summed E-state index contributed by atoms with van der Waals surface area (Å²) >= 11 is 0. The minimum absolute atomic E-state index is 0.0186. The molecule has 0 aromatic carbocycles. The van der Waals surface area contributed by atoms with Crippen LogP contribution >= 0.6 is 0 Å². The van der Waals surface area contributed by atoms with Gasteiger partial charge in [0.05, 0.1) is 13.0 Å². The molecule has 0 fully saturated rings. The molecule has 0 radical (unpaired) electrons. The molecule has 0 aliphatic heterocycles. The van der Waals surface area contributed by atoms with E-state index in [9.17, 15) is 4.79 Å². The highest BCUT2D eigenvalue weighted by Gasteiger charge is 2.10. The van der Waals surface area contributed by atoms with E-state index < -0.39 is 0 Å². The summed E-state index contributed by atoms with van der Waals surface area (Å²) in [7, 11) is 1.42. The quantitative estimate of drug-likeness (QED) is 0.462. The first-order valence-electron chi connectivity index (χ1n) is 3.79. The van der Waals surface area contributed by atoms with E-state index in [1.807, 2.05) is 26.8 Å². The maximum Gasteiger partial charge on any atom is 0.308 e. The Kier molecular flexibility index (Phi) is 4.59. The second kappa shape index (κ2) is 4.94. The Morgan fingerprint density at radius 2 is 2.09 bits per heavy atom. The SMILES string of the molecule is COC(=O)C(C)CC=C(C)C. The zero-order chi connectivity index (χ0) is 8.85. The number of carbonyl (C=O) groups excluding carboxylic acids is 1. The predicted octanol–water partition coefficient (Wildman–Crippen LogP) is 2.15. The van der Waals surface area contributed by atoms with Crippen LogP contribution in [-0.2, 0) is 9.53 Å². The van der Waals surface area contributed by atoms with Crippen molar-refractivity contribution in [3.63, 3.8) is 0 Å². The van der Waals surface area contributed by atoms with Crippen molar-refractivity contribution in [3.8, 4) is 0 Å². The molecule has 0 aromatic rings. The molecule has 0 N–H and O–H groups in total. The lowest BCUT2D eigenvalue weighted by Gasteiger charge is -2.05. The van der Waals surface area contributed by atoms with Gasteiger partial charge in [-0.05, 0) is 20.3 Å². The Balaban J connectivity index is 3.78. The first kappa shape index (κ1) is 10.2. The number of allylic oxidation sites excluding steroid dienone is 2. The van der Waals surface area contributed by atoms with E-state index in [1.54, 1.807) is 0 Å². The van der Waals surface area contributed by atoms with Crippen LogP contribution in [-0.4, -0.2) is 13.1 Å². The predicted molar refractivity (Wildman–Crippen MR) is 45.2 cm³/mol. The molecule has 0 saturated heterocycles. The van der Waals surface area contributed by atoms with Gasteiger partial charge in [0.2, 0.25) is 0 Å². The Labute approximate surface area is 68.2 Å². The molecular formula is C9H16O2. The Morgan fingerprint density at radius 1 is 1.55 bits per heavy atom. The molecular weight excluding hydrogens is 140 g/mol. The van der Waals surface area contributed by atoms with Crippen molar-refractivity contribution >= 4 is 5.97 Å². The van der Waals surface area contributed by atoms with E-state index in [2.05, 4.69) is 4.74 Å². The molecule has 0 aliphatic rings. The van der Waals surface area contributed by atoms with E-state index in [-0.39, 0.29) is 11.9 Å². The van der Waals surface area contributed by atoms with Crippen molar-refractivity contribution in [1.29, 1.82) is 0 Å². The van der Waals surface area contributed by atoms with Gasteiger partial charge in [0.25, 0.3) is 0 Å². The molecule has 0 bridgehead atoms. The molecule has 1 atom stereocenters. The third kappa shape index (κ3) is 4.59. The molecule has 0 amide bonds. The van der Waals surface area contributed by atoms with E-state index >= 15 is 0 Å². The van der Waals surface area contributed by atoms with Crippen molar-refractivity contribution in [2.24, 2.45) is 5.92 Å². The number of ether oxygens (including phenoxy) is 1. The minimum Gasteiger partial charge on any atom is -0.469 e. The first-order valence-corrected chi connectivity index (χ1v) is 3.79. The third-order valence-corrected chi connectivity index (χ3v) is 1.48. The van der Waals surface area contributed by atoms with Gasteiger partial charge in [0, 0.05) is 0 Å². The number of methoxy groups -OCH3 is 1. The molecule has 0 heterocycles. The second-order valence-corrected chi connectivity index (χ2v) is 2.94. The van der Waals surface area contributed by atoms with Crippen LogP contribution in [0.25, 0.3) is 0 Å². The van der Waals surface area contributed by atoms with Crippen LogP contribution in [0.15, 0.2) is 11.6 Å². The Bertz CT molecular complexity index is 155. The number of hydrogen-bond donors (Lipinski definition) is 0. The number of rotatable bonds is 3. The van der Waals surface area contributed by atoms with Crippen LogP contribution in [0.1, 0.15) is 27.2 Å². The van der Waals surface area contributed by atoms with E-state index in [1.165, 1.54) is 12.7 Å². The molecule has 2 nitrogen and oxygen atoms in total. The lowest BCUT2D eigenvalue weighted by molar-refractivity contribution is -0.144. The van der Waals surface area contributed by atoms with Crippen LogP contribution in [0.3, 0.4) is 0 Å². The molecule has 2 heteroatoms. The van der Waals surface area contributed by atoms with E-state index in [0.717, 1.165) is 6.42 Å². The summed E-state index contributed by atoms with van der Waals surface area (Å²) in [4.78, 5) is 10.9. The van der Waals surface area contributed by atoms with Gasteiger partial charge in [-0.1, -0.05) is 18.6 Å². The van der Waals surface area contributed by atoms with Gasteiger partial charge in [0.15, 0.2) is 0 Å². The number of esters is 1. The van der Waals surface area contributed by atoms with Crippen LogP contribution in [0.4, 0.5) is 0 Å². The molecule has 1 unspecified atom stereocenters. The molecule has 0 aromatic heterocycles. The highest BCUT2D eigenvalue weighted by Crippen LogP contribution is 2.06. The highest BCUT2D eigenvalue weighted by molar-refractivity contribution is 5.71. The largest absolute Gasteiger partial charge is 0.469 e. The standard InChI is InChI=1S/C9H16O2/c1-7(2)5-6-8(3)9(10)11-4/h5,8H,6H2,1-4H3. The van der Waals surface area contributed by atoms with Crippen LogP contribution in [0, 0.1) is 5.92 Å². The first-order chi connectivity index (χ1) is 5.07.